The van der Waals surface area contributed by atoms with Crippen molar-refractivity contribution in [2.45, 2.75) is 32.7 Å². The quantitative estimate of drug-likeness (QED) is 0.508. The number of hydrogen-bond donors (Lipinski definition) is 1. The van der Waals surface area contributed by atoms with Crippen LogP contribution in [-0.4, -0.2) is 34.8 Å². The van der Waals surface area contributed by atoms with Crippen LogP contribution < -0.4 is 5.32 Å². The van der Waals surface area contributed by atoms with Gasteiger partial charge in [0.25, 0.3) is 11.8 Å². The van der Waals surface area contributed by atoms with Crippen LogP contribution in [0.4, 0.5) is 0 Å². The van der Waals surface area contributed by atoms with E-state index in [1.54, 1.807) is 12.3 Å². The Bertz CT molecular complexity index is 1120. The maximum atomic E-state index is 13.2. The molecule has 3 aromatic rings. The summed E-state index contributed by atoms with van der Waals surface area (Å²) >= 11 is 3.46. The van der Waals surface area contributed by atoms with Gasteiger partial charge in [-0.25, -0.2) is 0 Å². The number of carbonyl (C=O) groups is 2. The van der Waals surface area contributed by atoms with Gasteiger partial charge in [-0.3, -0.25) is 14.6 Å². The first-order valence-electron chi connectivity index (χ1n) is 10.8. The summed E-state index contributed by atoms with van der Waals surface area (Å²) in [4.78, 5) is 32.5. The summed E-state index contributed by atoms with van der Waals surface area (Å²) in [6, 6.07) is 17.0. The molecule has 1 N–H and O–H groups in total. The van der Waals surface area contributed by atoms with Crippen LogP contribution in [0.5, 0.6) is 0 Å². The normalized spacial score (nSPS) is 14.3. The Labute approximate surface area is 197 Å². The summed E-state index contributed by atoms with van der Waals surface area (Å²) in [6.45, 7) is 5.39. The molecule has 1 saturated heterocycles. The first-order chi connectivity index (χ1) is 15.4. The molecule has 6 heteroatoms. The van der Waals surface area contributed by atoms with Gasteiger partial charge in [0, 0.05) is 40.6 Å². The number of aryl methyl sites for hydroxylation is 1. The van der Waals surface area contributed by atoms with Crippen LogP contribution in [0.25, 0.3) is 11.1 Å². The summed E-state index contributed by atoms with van der Waals surface area (Å²) < 4.78 is 0.976. The molecule has 32 heavy (non-hydrogen) atoms. The molecule has 0 bridgehead atoms. The predicted octanol–water partition coefficient (Wildman–Crippen LogP) is 5.55. The molecule has 164 valence electrons. The van der Waals surface area contributed by atoms with Crippen LogP contribution in [0, 0.1) is 6.92 Å². The van der Waals surface area contributed by atoms with Crippen molar-refractivity contribution in [1.29, 1.82) is 0 Å². The molecule has 0 spiro atoms. The number of nitrogens with one attached hydrogen (secondary N) is 1. The van der Waals surface area contributed by atoms with E-state index in [-0.39, 0.29) is 17.9 Å². The lowest BCUT2D eigenvalue weighted by molar-refractivity contribution is 0.0793. The molecule has 0 aliphatic carbocycles. The average Bonchev–Trinajstić information content (AvgIpc) is 3.34. The molecule has 0 unspecified atom stereocenters. The van der Waals surface area contributed by atoms with Gasteiger partial charge in [-0.2, -0.15) is 0 Å². The highest BCUT2D eigenvalue weighted by Gasteiger charge is 2.22. The van der Waals surface area contributed by atoms with E-state index in [2.05, 4.69) is 26.2 Å². The Hall–Kier alpha value is -2.99. The number of benzene rings is 2. The lowest BCUT2D eigenvalue weighted by Crippen LogP contribution is -2.29. The second kappa shape index (κ2) is 9.65. The molecule has 2 aromatic carbocycles. The van der Waals surface area contributed by atoms with Gasteiger partial charge in [0.15, 0.2) is 0 Å². The number of amides is 2. The van der Waals surface area contributed by atoms with Gasteiger partial charge in [-0.1, -0.05) is 34.1 Å². The van der Waals surface area contributed by atoms with E-state index in [9.17, 15) is 9.59 Å². The third-order valence-corrected chi connectivity index (χ3v) is 6.32. The molecule has 1 aliphatic heterocycles. The number of nitrogens with zero attached hydrogens (tertiary/aromatic N) is 2. The summed E-state index contributed by atoms with van der Waals surface area (Å²) in [6.07, 6.45) is 3.82. The number of aromatic nitrogens is 1. The number of carbonyl (C=O) groups excluding carboxylic acids is 2. The van der Waals surface area contributed by atoms with Crippen molar-refractivity contribution < 1.29 is 9.59 Å². The fourth-order valence-corrected chi connectivity index (χ4v) is 4.16. The third kappa shape index (κ3) is 5.07. The van der Waals surface area contributed by atoms with Crippen LogP contribution in [0.15, 0.2) is 65.3 Å². The van der Waals surface area contributed by atoms with Crippen LogP contribution in [-0.2, 0) is 0 Å². The molecule has 0 radical (unpaired) electrons. The van der Waals surface area contributed by atoms with Crippen molar-refractivity contribution in [3.63, 3.8) is 0 Å². The predicted molar refractivity (Wildman–Crippen MR) is 130 cm³/mol. The second-order valence-corrected chi connectivity index (χ2v) is 9.15. The van der Waals surface area contributed by atoms with Crippen LogP contribution >= 0.6 is 15.9 Å². The Morgan fingerprint density at radius 3 is 2.31 bits per heavy atom. The number of rotatable bonds is 5. The van der Waals surface area contributed by atoms with Crippen molar-refractivity contribution >= 4 is 27.7 Å². The van der Waals surface area contributed by atoms with Crippen molar-refractivity contribution in [2.75, 3.05) is 13.1 Å². The van der Waals surface area contributed by atoms with Gasteiger partial charge in [-0.15, -0.1) is 0 Å². The highest BCUT2D eigenvalue weighted by atomic mass is 79.9. The van der Waals surface area contributed by atoms with E-state index >= 15 is 0 Å². The zero-order chi connectivity index (χ0) is 22.7. The standard InChI is InChI=1S/C26H26BrN3O2/c1-17-5-6-20(16-28-17)18(2)29-25(31)22-13-21(19-7-9-24(27)10-8-19)14-23(15-22)26(32)30-11-3-4-12-30/h5-10,13-16,18H,3-4,11-12H2,1-2H3,(H,29,31)/t18-/m1/s1. The maximum absolute atomic E-state index is 13.2. The number of pyridine rings is 1. The van der Waals surface area contributed by atoms with Crippen molar-refractivity contribution in [3.8, 4) is 11.1 Å². The number of hydrogen-bond acceptors (Lipinski definition) is 3. The van der Waals surface area contributed by atoms with Crippen LogP contribution in [0.2, 0.25) is 0 Å². The van der Waals surface area contributed by atoms with E-state index in [0.717, 1.165) is 52.8 Å². The Kier molecular flexibility index (Phi) is 6.70. The maximum Gasteiger partial charge on any atom is 0.253 e. The van der Waals surface area contributed by atoms with E-state index in [1.165, 1.54) is 0 Å². The molecule has 2 heterocycles. The van der Waals surface area contributed by atoms with E-state index in [0.29, 0.717) is 11.1 Å². The van der Waals surface area contributed by atoms with Crippen molar-refractivity contribution in [2.24, 2.45) is 0 Å². The molecule has 2 amide bonds. The molecule has 5 nitrogen and oxygen atoms in total. The lowest BCUT2D eigenvalue weighted by atomic mass is 9.98. The number of halogens is 1. The van der Waals surface area contributed by atoms with E-state index < -0.39 is 0 Å². The molecule has 1 aromatic heterocycles. The molecule has 0 saturated carbocycles. The van der Waals surface area contributed by atoms with Gasteiger partial charge < -0.3 is 10.2 Å². The first-order valence-corrected chi connectivity index (χ1v) is 11.6. The fourth-order valence-electron chi connectivity index (χ4n) is 3.89. The highest BCUT2D eigenvalue weighted by molar-refractivity contribution is 9.10. The molecule has 1 aliphatic rings. The Morgan fingerprint density at radius 2 is 1.66 bits per heavy atom. The largest absolute Gasteiger partial charge is 0.345 e. The summed E-state index contributed by atoms with van der Waals surface area (Å²) in [5.74, 6) is -0.237. The minimum absolute atomic E-state index is 0.0219. The molecular formula is C26H26BrN3O2. The topological polar surface area (TPSA) is 62.3 Å². The third-order valence-electron chi connectivity index (χ3n) is 5.79. The Balaban J connectivity index is 1.66. The van der Waals surface area contributed by atoms with Gasteiger partial charge in [0.1, 0.15) is 0 Å². The Morgan fingerprint density at radius 1 is 0.969 bits per heavy atom. The van der Waals surface area contributed by atoms with Gasteiger partial charge in [0.05, 0.1) is 6.04 Å². The van der Waals surface area contributed by atoms with Crippen molar-refractivity contribution in [1.82, 2.24) is 15.2 Å². The summed E-state index contributed by atoms with van der Waals surface area (Å²) in [5, 5.41) is 3.04. The zero-order valence-corrected chi connectivity index (χ0v) is 19.9. The molecule has 1 atom stereocenters. The van der Waals surface area contributed by atoms with Crippen LogP contribution in [0.1, 0.15) is 57.8 Å². The van der Waals surface area contributed by atoms with Gasteiger partial charge in [-0.05, 0) is 79.8 Å². The van der Waals surface area contributed by atoms with Crippen molar-refractivity contribution in [3.05, 3.63) is 87.7 Å². The molecule has 4 rings (SSSR count). The SMILES string of the molecule is Cc1ccc([C@@H](C)NC(=O)c2cc(C(=O)N3CCCC3)cc(-c3ccc(Br)cc3)c2)cn1. The first kappa shape index (κ1) is 22.2. The van der Waals surface area contributed by atoms with Gasteiger partial charge >= 0.3 is 0 Å². The van der Waals surface area contributed by atoms with E-state index in [4.69, 9.17) is 0 Å². The monoisotopic (exact) mass is 491 g/mol. The molecular weight excluding hydrogens is 466 g/mol. The fraction of sp³-hybridized carbons (Fsp3) is 0.269. The minimum atomic E-state index is -0.215. The summed E-state index contributed by atoms with van der Waals surface area (Å²) in [7, 11) is 0. The van der Waals surface area contributed by atoms with E-state index in [1.807, 2.05) is 67.3 Å². The minimum Gasteiger partial charge on any atom is -0.345 e. The molecule has 1 fully saturated rings. The summed E-state index contributed by atoms with van der Waals surface area (Å²) in [5.41, 5.74) is 4.68. The lowest BCUT2D eigenvalue weighted by Gasteiger charge is -2.18. The average molecular weight is 492 g/mol. The van der Waals surface area contributed by atoms with Gasteiger partial charge in [0.2, 0.25) is 0 Å². The zero-order valence-electron chi connectivity index (χ0n) is 18.3. The smallest absolute Gasteiger partial charge is 0.253 e. The van der Waals surface area contributed by atoms with Crippen LogP contribution in [0.3, 0.4) is 0 Å². The number of likely N-dealkylation sites (tertiary alicyclic amines) is 1. The second-order valence-electron chi connectivity index (χ2n) is 8.23. The highest BCUT2D eigenvalue weighted by Crippen LogP contribution is 2.26.